The Balaban J connectivity index is 1.97. The van der Waals surface area contributed by atoms with Crippen molar-refractivity contribution in [2.75, 3.05) is 13.1 Å². The van der Waals surface area contributed by atoms with Crippen molar-refractivity contribution in [3.05, 3.63) is 0 Å². The molecule has 1 aliphatic heterocycles. The molecule has 2 rings (SSSR count). The monoisotopic (exact) mass is 218 g/mol. The number of rotatable bonds is 3. The van der Waals surface area contributed by atoms with Crippen LogP contribution in [-0.2, 0) is 10.7 Å². The number of nitrogens with zero attached hydrogens (tertiary/aromatic N) is 1. The first kappa shape index (κ1) is 10.4. The van der Waals surface area contributed by atoms with Gasteiger partial charge in [0, 0.05) is 19.1 Å². The molecule has 82 valence electrons. The summed E-state index contributed by atoms with van der Waals surface area (Å²) in [5, 5.41) is -0.197. The zero-order valence-electron chi connectivity index (χ0n) is 8.26. The van der Waals surface area contributed by atoms with Crippen molar-refractivity contribution >= 4 is 10.7 Å². The van der Waals surface area contributed by atoms with Gasteiger partial charge in [0.25, 0.3) is 0 Å². The lowest BCUT2D eigenvalue weighted by molar-refractivity contribution is 0.182. The molecule has 1 unspecified atom stereocenters. The zero-order valence-corrected chi connectivity index (χ0v) is 9.16. The highest BCUT2D eigenvalue weighted by atomic mass is 32.2. The Kier molecular flexibility index (Phi) is 3.09. The molecule has 14 heavy (non-hydrogen) atoms. The molecule has 1 atom stereocenters. The van der Waals surface area contributed by atoms with Gasteiger partial charge < -0.3 is 5.73 Å². The fourth-order valence-electron chi connectivity index (χ4n) is 2.18. The molecule has 4 nitrogen and oxygen atoms in total. The molecule has 2 N–H and O–H groups in total. The van der Waals surface area contributed by atoms with Gasteiger partial charge in [0.05, 0.1) is 0 Å². The van der Waals surface area contributed by atoms with Gasteiger partial charge in [-0.25, -0.2) is 8.42 Å². The van der Waals surface area contributed by atoms with E-state index in [0.29, 0.717) is 5.92 Å². The molecule has 0 aromatic carbocycles. The molecule has 1 saturated heterocycles. The lowest BCUT2D eigenvalue weighted by atomic mass is 10.1. The van der Waals surface area contributed by atoms with Crippen molar-refractivity contribution in [2.24, 2.45) is 11.7 Å². The Hall–Kier alpha value is -0.130. The average Bonchev–Trinajstić information content (AvgIpc) is 2.92. The lowest BCUT2D eigenvalue weighted by Gasteiger charge is -2.33. The Labute approximate surface area is 86.4 Å². The predicted molar refractivity (Wildman–Crippen MR) is 55.6 cm³/mol. The number of thiol groups is 1. The molecular formula is C9H18N2O2S. The van der Waals surface area contributed by atoms with Crippen molar-refractivity contribution in [1.29, 1.82) is 0 Å². The number of likely N-dealkylation sites (tertiary alicyclic amines) is 1. The minimum atomic E-state index is -2.29. The van der Waals surface area contributed by atoms with Gasteiger partial charge in [-0.05, 0) is 31.6 Å². The molecule has 0 radical (unpaired) electrons. The van der Waals surface area contributed by atoms with Gasteiger partial charge in [-0.2, -0.15) is 0 Å². The highest BCUT2D eigenvalue weighted by Gasteiger charge is 2.38. The van der Waals surface area contributed by atoms with Gasteiger partial charge in [-0.1, -0.05) is 0 Å². The second-order valence-corrected chi connectivity index (χ2v) is 5.51. The Morgan fingerprint density at radius 2 is 1.71 bits per heavy atom. The first-order chi connectivity index (χ1) is 6.68. The SMILES string of the molecule is NC1CCN(C(C2CC2)[SH](=O)=O)CC1. The molecule has 1 saturated carbocycles. The summed E-state index contributed by atoms with van der Waals surface area (Å²) in [6.45, 7) is 1.71. The Morgan fingerprint density at radius 1 is 1.14 bits per heavy atom. The van der Waals surface area contributed by atoms with E-state index in [1.807, 2.05) is 0 Å². The van der Waals surface area contributed by atoms with Crippen LogP contribution >= 0.6 is 0 Å². The summed E-state index contributed by atoms with van der Waals surface area (Å²) >= 11 is 0. The van der Waals surface area contributed by atoms with E-state index in [0.717, 1.165) is 38.8 Å². The standard InChI is InChI=1S/C9H18N2O2S/c10-8-3-5-11(6-4-8)9(14(12)13)7-1-2-7/h7-9,14H,1-6,10H2. The summed E-state index contributed by atoms with van der Waals surface area (Å²) in [5.74, 6) is 0.408. The predicted octanol–water partition coefficient (Wildman–Crippen LogP) is -0.243. The second-order valence-electron chi connectivity index (χ2n) is 4.41. The van der Waals surface area contributed by atoms with Crippen LogP contribution in [0.15, 0.2) is 0 Å². The van der Waals surface area contributed by atoms with Crippen LogP contribution in [0.5, 0.6) is 0 Å². The van der Waals surface area contributed by atoms with Crippen LogP contribution in [0.2, 0.25) is 0 Å². The fraction of sp³-hybridized carbons (Fsp3) is 1.00. The first-order valence-corrected chi connectivity index (χ1v) is 6.56. The molecule has 1 aliphatic carbocycles. The molecule has 0 aromatic rings. The summed E-state index contributed by atoms with van der Waals surface area (Å²) in [4.78, 5) is 2.10. The molecule has 2 aliphatic rings. The van der Waals surface area contributed by atoms with Gasteiger partial charge in [0.2, 0.25) is 0 Å². The van der Waals surface area contributed by atoms with E-state index in [4.69, 9.17) is 5.73 Å². The van der Waals surface area contributed by atoms with Crippen molar-refractivity contribution in [3.8, 4) is 0 Å². The fourth-order valence-corrected chi connectivity index (χ4v) is 3.32. The second kappa shape index (κ2) is 4.16. The maximum absolute atomic E-state index is 11.1. The Morgan fingerprint density at radius 3 is 2.14 bits per heavy atom. The number of nitrogens with two attached hydrogens (primary N) is 1. The van der Waals surface area contributed by atoms with Gasteiger partial charge in [-0.3, -0.25) is 4.90 Å². The summed E-state index contributed by atoms with van der Waals surface area (Å²) in [6, 6.07) is 0.274. The zero-order chi connectivity index (χ0) is 10.1. The summed E-state index contributed by atoms with van der Waals surface area (Å²) in [7, 11) is -2.29. The van der Waals surface area contributed by atoms with E-state index >= 15 is 0 Å². The van der Waals surface area contributed by atoms with Crippen LogP contribution < -0.4 is 5.73 Å². The minimum absolute atomic E-state index is 0.197. The van der Waals surface area contributed by atoms with Gasteiger partial charge in [0.1, 0.15) is 5.37 Å². The lowest BCUT2D eigenvalue weighted by Crippen LogP contribution is -2.46. The topological polar surface area (TPSA) is 63.4 Å². The van der Waals surface area contributed by atoms with Gasteiger partial charge in [0.15, 0.2) is 10.7 Å². The maximum atomic E-state index is 11.1. The van der Waals surface area contributed by atoms with E-state index in [-0.39, 0.29) is 11.4 Å². The van der Waals surface area contributed by atoms with E-state index in [2.05, 4.69) is 4.90 Å². The Bertz CT molecular complexity index is 260. The van der Waals surface area contributed by atoms with Gasteiger partial charge >= 0.3 is 0 Å². The summed E-state index contributed by atoms with van der Waals surface area (Å²) in [6.07, 6.45) is 4.03. The molecule has 0 amide bonds. The molecule has 0 aromatic heterocycles. The molecule has 1 heterocycles. The smallest absolute Gasteiger partial charge is 0.156 e. The van der Waals surface area contributed by atoms with Crippen molar-refractivity contribution < 1.29 is 8.42 Å². The van der Waals surface area contributed by atoms with E-state index in [9.17, 15) is 8.42 Å². The first-order valence-electron chi connectivity index (χ1n) is 5.31. The van der Waals surface area contributed by atoms with Crippen molar-refractivity contribution in [3.63, 3.8) is 0 Å². The number of piperidine rings is 1. The summed E-state index contributed by atoms with van der Waals surface area (Å²) < 4.78 is 22.3. The van der Waals surface area contributed by atoms with Crippen molar-refractivity contribution in [1.82, 2.24) is 4.90 Å². The number of hydrogen-bond donors (Lipinski definition) is 2. The van der Waals surface area contributed by atoms with E-state index in [1.165, 1.54) is 0 Å². The van der Waals surface area contributed by atoms with Crippen LogP contribution in [-0.4, -0.2) is 37.8 Å². The molecule has 0 bridgehead atoms. The highest BCUT2D eigenvalue weighted by Crippen LogP contribution is 2.36. The van der Waals surface area contributed by atoms with Crippen LogP contribution in [0.1, 0.15) is 25.7 Å². The quantitative estimate of drug-likeness (QED) is 0.642. The average molecular weight is 218 g/mol. The summed E-state index contributed by atoms with van der Waals surface area (Å²) in [5.41, 5.74) is 5.79. The van der Waals surface area contributed by atoms with Crippen LogP contribution in [0, 0.1) is 5.92 Å². The third-order valence-corrected chi connectivity index (χ3v) is 4.39. The molecule has 0 spiro atoms. The largest absolute Gasteiger partial charge is 0.328 e. The normalized spacial score (nSPS) is 28.1. The molecular weight excluding hydrogens is 200 g/mol. The van der Waals surface area contributed by atoms with Crippen LogP contribution in [0.25, 0.3) is 0 Å². The van der Waals surface area contributed by atoms with Gasteiger partial charge in [-0.15, -0.1) is 0 Å². The maximum Gasteiger partial charge on any atom is 0.156 e. The number of hydrogen-bond acceptors (Lipinski definition) is 4. The highest BCUT2D eigenvalue weighted by molar-refractivity contribution is 7.73. The van der Waals surface area contributed by atoms with Crippen LogP contribution in [0.4, 0.5) is 0 Å². The molecule has 2 fully saturated rings. The molecule has 5 heteroatoms. The van der Waals surface area contributed by atoms with E-state index in [1.54, 1.807) is 0 Å². The minimum Gasteiger partial charge on any atom is -0.328 e. The van der Waals surface area contributed by atoms with Crippen molar-refractivity contribution in [2.45, 2.75) is 37.1 Å². The third kappa shape index (κ3) is 2.27. The van der Waals surface area contributed by atoms with E-state index < -0.39 is 10.7 Å². The third-order valence-electron chi connectivity index (χ3n) is 3.21. The van der Waals surface area contributed by atoms with Crippen LogP contribution in [0.3, 0.4) is 0 Å².